The molecule has 1 unspecified atom stereocenters. The van der Waals surface area contributed by atoms with Gasteiger partial charge in [0.2, 0.25) is 0 Å². The van der Waals surface area contributed by atoms with Gasteiger partial charge in [0, 0.05) is 24.6 Å². The second kappa shape index (κ2) is 3.94. The van der Waals surface area contributed by atoms with Gasteiger partial charge in [-0.2, -0.15) is 0 Å². The highest BCUT2D eigenvalue weighted by Crippen LogP contribution is 2.58. The number of hydrogen-bond donors (Lipinski definition) is 2. The number of carbonyl (C=O) groups is 1. The summed E-state index contributed by atoms with van der Waals surface area (Å²) < 4.78 is 1.71. The molecule has 2 saturated carbocycles. The summed E-state index contributed by atoms with van der Waals surface area (Å²) in [4.78, 5) is 19.5. The van der Waals surface area contributed by atoms with Crippen LogP contribution in [0.15, 0.2) is 18.6 Å². The molecule has 6 nitrogen and oxygen atoms in total. The third-order valence-electron chi connectivity index (χ3n) is 4.59. The van der Waals surface area contributed by atoms with E-state index in [1.807, 2.05) is 0 Å². The monoisotopic (exact) mass is 272 g/mol. The van der Waals surface area contributed by atoms with Gasteiger partial charge in [-0.1, -0.05) is 0 Å². The number of hydrogen-bond acceptors (Lipinski definition) is 4. The Labute approximate surface area is 115 Å². The van der Waals surface area contributed by atoms with E-state index in [1.165, 1.54) is 31.9 Å². The van der Waals surface area contributed by atoms with Crippen LogP contribution in [0.5, 0.6) is 0 Å². The molecule has 0 aromatic carbocycles. The number of anilines is 1. The number of aromatic carboxylic acids is 1. The Morgan fingerprint density at radius 1 is 1.45 bits per heavy atom. The summed E-state index contributed by atoms with van der Waals surface area (Å²) in [5.74, 6) is -0.333. The molecule has 6 heteroatoms. The van der Waals surface area contributed by atoms with Crippen molar-refractivity contribution in [3.05, 3.63) is 24.3 Å². The number of imidazole rings is 1. The summed E-state index contributed by atoms with van der Waals surface area (Å²) in [7, 11) is 0. The van der Waals surface area contributed by atoms with Gasteiger partial charge in [-0.15, -0.1) is 0 Å². The zero-order chi connectivity index (χ0) is 13.7. The topological polar surface area (TPSA) is 79.5 Å². The van der Waals surface area contributed by atoms with E-state index in [2.05, 4.69) is 15.3 Å². The summed E-state index contributed by atoms with van der Waals surface area (Å²) in [5.41, 5.74) is 1.23. The Kier molecular flexibility index (Phi) is 2.31. The van der Waals surface area contributed by atoms with Crippen molar-refractivity contribution in [2.75, 3.05) is 5.32 Å². The predicted molar refractivity (Wildman–Crippen MR) is 72.9 cm³/mol. The number of fused-ring (bicyclic) bond motifs is 1. The quantitative estimate of drug-likeness (QED) is 0.895. The Balaban J connectivity index is 1.63. The van der Waals surface area contributed by atoms with Crippen LogP contribution in [0.3, 0.4) is 0 Å². The second-order valence-electron chi connectivity index (χ2n) is 6.02. The third kappa shape index (κ3) is 1.83. The van der Waals surface area contributed by atoms with E-state index in [0.717, 1.165) is 6.42 Å². The van der Waals surface area contributed by atoms with E-state index in [1.54, 1.807) is 16.8 Å². The lowest BCUT2D eigenvalue weighted by Gasteiger charge is -2.13. The molecule has 4 rings (SSSR count). The summed E-state index contributed by atoms with van der Waals surface area (Å²) in [6.45, 7) is 0. The molecule has 2 aliphatic carbocycles. The molecule has 2 aromatic heterocycles. The Morgan fingerprint density at radius 2 is 2.30 bits per heavy atom. The van der Waals surface area contributed by atoms with Crippen molar-refractivity contribution in [3.63, 3.8) is 0 Å². The van der Waals surface area contributed by atoms with Gasteiger partial charge in [-0.05, 0) is 37.5 Å². The highest BCUT2D eigenvalue weighted by atomic mass is 16.4. The molecule has 0 bridgehead atoms. The Bertz CT molecular complexity index is 690. The van der Waals surface area contributed by atoms with Gasteiger partial charge in [0.25, 0.3) is 0 Å². The maximum absolute atomic E-state index is 11.0. The lowest BCUT2D eigenvalue weighted by Crippen LogP contribution is -2.17. The molecule has 0 saturated heterocycles. The first-order valence-electron chi connectivity index (χ1n) is 6.99. The molecule has 20 heavy (non-hydrogen) atoms. The van der Waals surface area contributed by atoms with Crippen molar-refractivity contribution in [2.45, 2.75) is 38.1 Å². The molecular formula is C14H16N4O2. The summed E-state index contributed by atoms with van der Waals surface area (Å²) >= 11 is 0. The first-order valence-corrected chi connectivity index (χ1v) is 6.99. The largest absolute Gasteiger partial charge is 0.476 e. The minimum absolute atomic E-state index is 0.0473. The first-order chi connectivity index (χ1) is 9.65. The predicted octanol–water partition coefficient (Wildman–Crippen LogP) is 2.17. The van der Waals surface area contributed by atoms with Crippen molar-refractivity contribution in [1.29, 1.82) is 0 Å². The van der Waals surface area contributed by atoms with Crippen LogP contribution < -0.4 is 5.32 Å². The fourth-order valence-electron chi connectivity index (χ4n) is 3.28. The second-order valence-corrected chi connectivity index (χ2v) is 6.02. The number of nitrogens with one attached hydrogen (secondary N) is 1. The normalized spacial score (nSPS) is 23.3. The highest BCUT2D eigenvalue weighted by Gasteiger charge is 2.48. The van der Waals surface area contributed by atoms with Crippen molar-refractivity contribution < 1.29 is 9.90 Å². The van der Waals surface area contributed by atoms with Crippen LogP contribution in [-0.2, 0) is 0 Å². The number of rotatable bonds is 3. The zero-order valence-electron chi connectivity index (χ0n) is 11.0. The smallest absolute Gasteiger partial charge is 0.356 e. The minimum atomic E-state index is -1.02. The molecule has 2 heterocycles. The van der Waals surface area contributed by atoms with Crippen molar-refractivity contribution in [3.8, 4) is 0 Å². The van der Waals surface area contributed by atoms with E-state index in [9.17, 15) is 4.79 Å². The average molecular weight is 272 g/mol. The van der Waals surface area contributed by atoms with Gasteiger partial charge < -0.3 is 14.8 Å². The number of carboxylic acids is 1. The molecule has 2 N–H and O–H groups in total. The van der Waals surface area contributed by atoms with E-state index >= 15 is 0 Å². The first kappa shape index (κ1) is 11.7. The molecule has 104 valence electrons. The molecule has 2 fully saturated rings. The Hall–Kier alpha value is -2.11. The van der Waals surface area contributed by atoms with Crippen LogP contribution in [0.2, 0.25) is 0 Å². The fraction of sp³-hybridized carbons (Fsp3) is 0.500. The number of carboxylic acid groups (broad SMARTS) is 1. The molecule has 0 aliphatic heterocycles. The third-order valence-corrected chi connectivity index (χ3v) is 4.59. The van der Waals surface area contributed by atoms with Gasteiger partial charge in [0.05, 0.1) is 0 Å². The molecule has 0 radical (unpaired) electrons. The summed E-state index contributed by atoms with van der Waals surface area (Å²) in [6, 6.07) is 0.432. The van der Waals surface area contributed by atoms with Crippen LogP contribution in [0, 0.1) is 5.41 Å². The lowest BCUT2D eigenvalue weighted by atomic mass is 10.1. The fourth-order valence-corrected chi connectivity index (χ4v) is 3.28. The average Bonchev–Trinajstić information content (AvgIpc) is 2.86. The van der Waals surface area contributed by atoms with Crippen LogP contribution in [0.25, 0.3) is 5.65 Å². The number of nitrogens with zero attached hydrogens (tertiary/aromatic N) is 3. The van der Waals surface area contributed by atoms with Gasteiger partial charge in [0.15, 0.2) is 17.2 Å². The standard InChI is InChI=1S/C14H16N4O2/c19-13(20)10-8-18-6-5-15-11(12(18)17-10)16-9-1-2-14(7-9)3-4-14/h5-6,8-9H,1-4,7H2,(H,15,16)(H,19,20). The lowest BCUT2D eigenvalue weighted by molar-refractivity contribution is 0.0691. The summed E-state index contributed by atoms with van der Waals surface area (Å²) in [6.07, 6.45) is 11.3. The van der Waals surface area contributed by atoms with Crippen LogP contribution >= 0.6 is 0 Å². The van der Waals surface area contributed by atoms with E-state index in [0.29, 0.717) is 22.9 Å². The van der Waals surface area contributed by atoms with Crippen LogP contribution in [-0.4, -0.2) is 31.5 Å². The van der Waals surface area contributed by atoms with Gasteiger partial charge in [-0.3, -0.25) is 0 Å². The maximum Gasteiger partial charge on any atom is 0.356 e. The van der Waals surface area contributed by atoms with Crippen LogP contribution in [0.1, 0.15) is 42.6 Å². The summed E-state index contributed by atoms with van der Waals surface area (Å²) in [5, 5.41) is 12.5. The molecule has 2 aromatic rings. The molecule has 1 spiro atoms. The van der Waals surface area contributed by atoms with Crippen molar-refractivity contribution in [1.82, 2.24) is 14.4 Å². The maximum atomic E-state index is 11.0. The Morgan fingerprint density at radius 3 is 3.00 bits per heavy atom. The van der Waals surface area contributed by atoms with Crippen molar-refractivity contribution >= 4 is 17.4 Å². The van der Waals surface area contributed by atoms with Crippen LogP contribution in [0.4, 0.5) is 5.82 Å². The SMILES string of the molecule is O=C(O)c1cn2ccnc(NC3CCC4(CC4)C3)c2n1. The van der Waals surface area contributed by atoms with E-state index < -0.39 is 5.97 Å². The molecule has 0 amide bonds. The van der Waals surface area contributed by atoms with E-state index in [4.69, 9.17) is 5.11 Å². The molecular weight excluding hydrogens is 256 g/mol. The van der Waals surface area contributed by atoms with Crippen molar-refractivity contribution in [2.24, 2.45) is 5.41 Å². The molecule has 2 aliphatic rings. The van der Waals surface area contributed by atoms with E-state index in [-0.39, 0.29) is 5.69 Å². The van der Waals surface area contributed by atoms with Gasteiger partial charge in [0.1, 0.15) is 0 Å². The minimum Gasteiger partial charge on any atom is -0.476 e. The zero-order valence-corrected chi connectivity index (χ0v) is 11.0. The van der Waals surface area contributed by atoms with Gasteiger partial charge in [-0.25, -0.2) is 14.8 Å². The molecule has 1 atom stereocenters. The highest BCUT2D eigenvalue weighted by molar-refractivity contribution is 5.86. The van der Waals surface area contributed by atoms with Gasteiger partial charge >= 0.3 is 5.97 Å². The number of aromatic nitrogens is 3.